The average molecular weight is 235 g/mol. The lowest BCUT2D eigenvalue weighted by molar-refractivity contribution is 0.325. The number of thiophene rings is 1. The minimum atomic E-state index is 0.804. The number of hydrogen-bond donors (Lipinski definition) is 0. The van der Waals surface area contributed by atoms with Gasteiger partial charge in [0.05, 0.1) is 11.1 Å². The van der Waals surface area contributed by atoms with Gasteiger partial charge in [0.15, 0.2) is 5.06 Å². The van der Waals surface area contributed by atoms with E-state index in [1.165, 1.54) is 5.56 Å². The van der Waals surface area contributed by atoms with E-state index >= 15 is 0 Å². The van der Waals surface area contributed by atoms with Gasteiger partial charge in [0.2, 0.25) is 0 Å². The van der Waals surface area contributed by atoms with E-state index in [9.17, 15) is 0 Å². The summed E-state index contributed by atoms with van der Waals surface area (Å²) in [6.07, 6.45) is 1.06. The molecule has 0 N–H and O–H groups in total. The summed E-state index contributed by atoms with van der Waals surface area (Å²) in [5.74, 6) is 0. The van der Waals surface area contributed by atoms with E-state index in [2.05, 4.69) is 35.2 Å². The topological polar surface area (TPSA) is 9.23 Å². The molecule has 0 fully saturated rings. The van der Waals surface area contributed by atoms with E-state index in [4.69, 9.17) is 4.74 Å². The first-order valence-electron chi connectivity index (χ1n) is 3.62. The summed E-state index contributed by atoms with van der Waals surface area (Å²) in [5.41, 5.74) is 1.25. The Labute approximate surface area is 79.5 Å². The second-order valence-corrected chi connectivity index (χ2v) is 4.00. The van der Waals surface area contributed by atoms with Crippen LogP contribution in [0.5, 0.6) is 5.06 Å². The maximum atomic E-state index is 5.48. The minimum Gasteiger partial charge on any atom is -0.483 e. The van der Waals surface area contributed by atoms with Crippen molar-refractivity contribution in [2.24, 2.45) is 0 Å². The van der Waals surface area contributed by atoms with E-state index in [0.29, 0.717) is 0 Å². The molecule has 3 heteroatoms. The van der Waals surface area contributed by atoms with Crippen molar-refractivity contribution in [2.45, 2.75) is 20.3 Å². The summed E-state index contributed by atoms with van der Waals surface area (Å²) in [6.45, 7) is 4.98. The van der Waals surface area contributed by atoms with Gasteiger partial charge in [0, 0.05) is 0 Å². The van der Waals surface area contributed by atoms with Crippen molar-refractivity contribution in [1.82, 2.24) is 0 Å². The van der Waals surface area contributed by atoms with E-state index in [1.807, 2.05) is 0 Å². The van der Waals surface area contributed by atoms with Crippen molar-refractivity contribution < 1.29 is 4.74 Å². The van der Waals surface area contributed by atoms with Gasteiger partial charge in [-0.05, 0) is 40.2 Å². The second-order valence-electron chi connectivity index (χ2n) is 2.37. The molecule has 1 rings (SSSR count). The van der Waals surface area contributed by atoms with E-state index in [-0.39, 0.29) is 0 Å². The summed E-state index contributed by atoms with van der Waals surface area (Å²) < 4.78 is 6.59. The molecule has 0 radical (unpaired) electrons. The molecule has 0 saturated heterocycles. The number of halogens is 1. The van der Waals surface area contributed by atoms with Crippen molar-refractivity contribution in [3.05, 3.63) is 15.4 Å². The van der Waals surface area contributed by atoms with Crippen LogP contribution in [0.25, 0.3) is 0 Å². The Morgan fingerprint density at radius 1 is 1.64 bits per heavy atom. The third-order valence-electron chi connectivity index (χ3n) is 1.31. The highest BCUT2D eigenvalue weighted by molar-refractivity contribution is 9.10. The molecular weight excluding hydrogens is 224 g/mol. The Morgan fingerprint density at radius 2 is 2.36 bits per heavy atom. The Hall–Kier alpha value is -0.0200. The molecule has 0 aliphatic heterocycles. The molecule has 62 valence electrons. The zero-order chi connectivity index (χ0) is 8.27. The fourth-order valence-corrected chi connectivity index (χ4v) is 2.18. The van der Waals surface area contributed by atoms with Gasteiger partial charge in [-0.15, -0.1) is 11.3 Å². The Morgan fingerprint density at radius 3 is 2.82 bits per heavy atom. The zero-order valence-corrected chi connectivity index (χ0v) is 9.09. The standard InChI is InChI=1S/C8H11BrOS/c1-3-4-10-8-7(9)6(2)5-11-8/h5H,3-4H2,1-2H3. The normalized spacial score (nSPS) is 10.1. The first-order valence-corrected chi connectivity index (χ1v) is 5.29. The smallest absolute Gasteiger partial charge is 0.188 e. The SMILES string of the molecule is CCCOc1scc(C)c1Br. The lowest BCUT2D eigenvalue weighted by atomic mass is 10.4. The molecule has 0 aliphatic rings. The van der Waals surface area contributed by atoms with Gasteiger partial charge in [-0.1, -0.05) is 6.92 Å². The third-order valence-corrected chi connectivity index (χ3v) is 3.56. The number of hydrogen-bond acceptors (Lipinski definition) is 2. The average Bonchev–Trinajstić information content (AvgIpc) is 2.31. The molecule has 0 amide bonds. The van der Waals surface area contributed by atoms with Crippen LogP contribution in [0, 0.1) is 6.92 Å². The molecule has 1 aromatic rings. The lowest BCUT2D eigenvalue weighted by Gasteiger charge is -2.00. The van der Waals surface area contributed by atoms with Crippen LogP contribution in [0.4, 0.5) is 0 Å². The Kier molecular flexibility index (Phi) is 3.40. The van der Waals surface area contributed by atoms with Crippen LogP contribution in [0.15, 0.2) is 9.85 Å². The van der Waals surface area contributed by atoms with Crippen LogP contribution >= 0.6 is 27.3 Å². The van der Waals surface area contributed by atoms with Crippen molar-refractivity contribution in [3.8, 4) is 5.06 Å². The fourth-order valence-electron chi connectivity index (χ4n) is 0.699. The Bertz CT molecular complexity index is 232. The van der Waals surface area contributed by atoms with Gasteiger partial charge in [0.25, 0.3) is 0 Å². The molecule has 1 nitrogen and oxygen atoms in total. The molecule has 0 unspecified atom stereocenters. The van der Waals surface area contributed by atoms with Crippen molar-refractivity contribution in [1.29, 1.82) is 0 Å². The molecule has 0 bridgehead atoms. The van der Waals surface area contributed by atoms with Crippen LogP contribution in [-0.2, 0) is 0 Å². The number of ether oxygens (including phenoxy) is 1. The van der Waals surface area contributed by atoms with Gasteiger partial charge in [-0.2, -0.15) is 0 Å². The van der Waals surface area contributed by atoms with Crippen LogP contribution in [0.3, 0.4) is 0 Å². The van der Waals surface area contributed by atoms with Gasteiger partial charge >= 0.3 is 0 Å². The van der Waals surface area contributed by atoms with Gasteiger partial charge in [0.1, 0.15) is 0 Å². The maximum Gasteiger partial charge on any atom is 0.188 e. The molecule has 1 aromatic heterocycles. The highest BCUT2D eigenvalue weighted by atomic mass is 79.9. The summed E-state index contributed by atoms with van der Waals surface area (Å²) in [5, 5.41) is 3.10. The zero-order valence-electron chi connectivity index (χ0n) is 6.69. The molecule has 1 heterocycles. The lowest BCUT2D eigenvalue weighted by Crippen LogP contribution is -1.92. The first-order chi connectivity index (χ1) is 5.25. The quantitative estimate of drug-likeness (QED) is 0.777. The maximum absolute atomic E-state index is 5.48. The van der Waals surface area contributed by atoms with Crippen molar-refractivity contribution in [3.63, 3.8) is 0 Å². The van der Waals surface area contributed by atoms with E-state index in [0.717, 1.165) is 22.6 Å². The highest BCUT2D eigenvalue weighted by Gasteiger charge is 2.05. The molecule has 0 saturated carbocycles. The monoisotopic (exact) mass is 234 g/mol. The summed E-state index contributed by atoms with van der Waals surface area (Å²) in [6, 6.07) is 0. The van der Waals surface area contributed by atoms with Gasteiger partial charge in [-0.3, -0.25) is 0 Å². The molecule has 0 aliphatic carbocycles. The number of rotatable bonds is 3. The van der Waals surface area contributed by atoms with Gasteiger partial charge < -0.3 is 4.74 Å². The van der Waals surface area contributed by atoms with E-state index in [1.54, 1.807) is 11.3 Å². The number of aryl methyl sites for hydroxylation is 1. The molecule has 0 atom stereocenters. The molecule has 0 spiro atoms. The first kappa shape index (κ1) is 9.07. The van der Waals surface area contributed by atoms with Gasteiger partial charge in [-0.25, -0.2) is 0 Å². The van der Waals surface area contributed by atoms with Crippen LogP contribution < -0.4 is 4.74 Å². The van der Waals surface area contributed by atoms with Crippen molar-refractivity contribution in [2.75, 3.05) is 6.61 Å². The molecule has 11 heavy (non-hydrogen) atoms. The van der Waals surface area contributed by atoms with Crippen LogP contribution in [0.1, 0.15) is 18.9 Å². The predicted molar refractivity (Wildman–Crippen MR) is 52.5 cm³/mol. The van der Waals surface area contributed by atoms with Crippen LogP contribution in [0.2, 0.25) is 0 Å². The van der Waals surface area contributed by atoms with Crippen molar-refractivity contribution >= 4 is 27.3 Å². The second kappa shape index (κ2) is 4.12. The highest BCUT2D eigenvalue weighted by Crippen LogP contribution is 2.34. The molecular formula is C8H11BrOS. The minimum absolute atomic E-state index is 0.804. The fraction of sp³-hybridized carbons (Fsp3) is 0.500. The third kappa shape index (κ3) is 2.20. The van der Waals surface area contributed by atoms with Crippen LogP contribution in [-0.4, -0.2) is 6.61 Å². The largest absolute Gasteiger partial charge is 0.483 e. The van der Waals surface area contributed by atoms with E-state index < -0.39 is 0 Å². The molecule has 0 aromatic carbocycles. The summed E-state index contributed by atoms with van der Waals surface area (Å²) >= 11 is 5.11. The summed E-state index contributed by atoms with van der Waals surface area (Å²) in [4.78, 5) is 0. The Balaban J connectivity index is 2.63. The predicted octanol–water partition coefficient (Wildman–Crippen LogP) is 3.61. The summed E-state index contributed by atoms with van der Waals surface area (Å²) in [7, 11) is 0.